The van der Waals surface area contributed by atoms with Crippen molar-refractivity contribution < 1.29 is 0 Å². The van der Waals surface area contributed by atoms with E-state index in [0.29, 0.717) is 0 Å². The van der Waals surface area contributed by atoms with Crippen LogP contribution in [0.15, 0.2) is 388 Å². The monoisotopic (exact) mass is 1270 g/mol. The summed E-state index contributed by atoms with van der Waals surface area (Å²) in [6.07, 6.45) is 0. The van der Waals surface area contributed by atoms with Crippen LogP contribution in [0.4, 0.5) is 0 Å². The maximum Gasteiger partial charge on any atom is 0.0547 e. The second-order valence-electron chi connectivity index (χ2n) is 26.0. The van der Waals surface area contributed by atoms with Crippen molar-refractivity contribution in [2.45, 2.75) is 0 Å². The number of fused-ring (bicyclic) bond motifs is 12. The van der Waals surface area contributed by atoms with Crippen LogP contribution in [0.2, 0.25) is 0 Å². The molecule has 4 heterocycles. The van der Waals surface area contributed by atoms with Gasteiger partial charge in [0.2, 0.25) is 0 Å². The van der Waals surface area contributed by atoms with E-state index in [-0.39, 0.29) is 0 Å². The van der Waals surface area contributed by atoms with Crippen LogP contribution in [0.5, 0.6) is 0 Å². The van der Waals surface area contributed by atoms with Gasteiger partial charge in [-0.2, -0.15) is 0 Å². The molecule has 4 heteroatoms. The molecule has 4 aromatic heterocycles. The first kappa shape index (κ1) is 58.1. The Bertz CT molecular complexity index is 6450. The molecule has 4 nitrogen and oxygen atoms in total. The molecule has 0 atom stereocenters. The maximum atomic E-state index is 2.40. The first-order valence-corrected chi connectivity index (χ1v) is 34.4. The number of para-hydroxylation sites is 4. The highest BCUT2D eigenvalue weighted by Crippen LogP contribution is 2.42. The Kier molecular flexibility index (Phi) is 14.2. The average Bonchev–Trinajstić information content (AvgIpc) is 1.61. The molecule has 0 amide bonds. The van der Waals surface area contributed by atoms with Crippen LogP contribution in [0.25, 0.3) is 177 Å². The number of hydrogen-bond acceptors (Lipinski definition) is 0. The number of nitrogens with zero attached hydrogens (tertiary/aromatic N) is 4. The van der Waals surface area contributed by atoms with Crippen molar-refractivity contribution in [1.82, 2.24) is 18.3 Å². The molecule has 20 aromatic rings. The standard InChI is InChI=1S/2C48H32N2/c1-3-12-33(13-4-1)36-16-11-17-40(30-36)50-46-21-10-8-19-42(46)44-31-37(25-29-47(44)50)35-22-26-39(27-23-35)49-45-20-9-7-18-41(45)43-28-24-38(32-48(43)49)34-14-5-2-6-15-34;1-3-11-33(12-4-1)35-19-25-39(26-20-35)49-46-18-10-8-16-42(46)44-31-37(24-30-47(44)49)36-21-27-40(28-22-36)50-45-17-9-7-15-41(45)43-29-23-38(32-48(43)50)34-13-5-2-6-14-34/h2*1-32H. The summed E-state index contributed by atoms with van der Waals surface area (Å²) in [4.78, 5) is 0. The molecule has 0 aliphatic heterocycles. The molecule has 0 aliphatic rings. The van der Waals surface area contributed by atoms with Crippen LogP contribution in [0.3, 0.4) is 0 Å². The third-order valence-electron chi connectivity index (χ3n) is 20.3. The van der Waals surface area contributed by atoms with Crippen LogP contribution >= 0.6 is 0 Å². The van der Waals surface area contributed by atoms with Crippen LogP contribution in [-0.2, 0) is 0 Å². The van der Waals surface area contributed by atoms with E-state index >= 15 is 0 Å². The normalized spacial score (nSPS) is 11.6. The molecule has 100 heavy (non-hydrogen) atoms. The van der Waals surface area contributed by atoms with E-state index in [4.69, 9.17) is 0 Å². The van der Waals surface area contributed by atoms with E-state index in [1.165, 1.54) is 154 Å². The lowest BCUT2D eigenvalue weighted by Crippen LogP contribution is -1.94. The van der Waals surface area contributed by atoms with E-state index in [1.54, 1.807) is 0 Å². The molecular weight excluding hydrogens is 1210 g/mol. The molecule has 468 valence electrons. The van der Waals surface area contributed by atoms with Crippen LogP contribution in [0, 0.1) is 0 Å². The summed E-state index contributed by atoms with van der Waals surface area (Å²) in [5.41, 5.74) is 28.9. The van der Waals surface area contributed by atoms with Gasteiger partial charge in [0.05, 0.1) is 44.1 Å². The zero-order valence-corrected chi connectivity index (χ0v) is 54.7. The fraction of sp³-hybridized carbons (Fsp3) is 0. The zero-order chi connectivity index (χ0) is 66.0. The van der Waals surface area contributed by atoms with Crippen LogP contribution in [-0.4, -0.2) is 18.3 Å². The summed E-state index contributed by atoms with van der Waals surface area (Å²) in [5.74, 6) is 0. The van der Waals surface area contributed by atoms with Gasteiger partial charge in [0, 0.05) is 65.8 Å². The SMILES string of the molecule is c1ccc(-c2ccc(-n3c4ccccc4c4cc(-c5ccc(-n6c7ccccc7c7ccc(-c8ccccc8)cc76)cc5)ccc43)cc2)cc1.c1ccc(-c2cccc(-n3c4ccccc4c4cc(-c5ccc(-n6c7ccccc7c7ccc(-c8ccccc8)cc76)cc5)ccc43)c2)cc1. The number of aromatic nitrogens is 4. The largest absolute Gasteiger partial charge is 0.309 e. The van der Waals surface area contributed by atoms with Crippen molar-refractivity contribution >= 4 is 87.2 Å². The van der Waals surface area contributed by atoms with Gasteiger partial charge in [0.15, 0.2) is 0 Å². The highest BCUT2D eigenvalue weighted by atomic mass is 15.0. The first-order valence-electron chi connectivity index (χ1n) is 34.4. The lowest BCUT2D eigenvalue weighted by Gasteiger charge is -2.11. The smallest absolute Gasteiger partial charge is 0.0547 e. The zero-order valence-electron chi connectivity index (χ0n) is 54.7. The first-order chi connectivity index (χ1) is 49.6. The molecule has 0 unspecified atom stereocenters. The van der Waals surface area contributed by atoms with Crippen LogP contribution < -0.4 is 0 Å². The minimum atomic E-state index is 1.15. The molecule has 0 spiro atoms. The lowest BCUT2D eigenvalue weighted by molar-refractivity contribution is 1.18. The summed E-state index contributed by atoms with van der Waals surface area (Å²) in [6, 6.07) is 141. The third-order valence-corrected chi connectivity index (χ3v) is 20.3. The van der Waals surface area contributed by atoms with E-state index < -0.39 is 0 Å². The van der Waals surface area contributed by atoms with Gasteiger partial charge in [-0.1, -0.05) is 279 Å². The Hall–Kier alpha value is -13.3. The van der Waals surface area contributed by atoms with Gasteiger partial charge in [-0.25, -0.2) is 0 Å². The molecule has 20 rings (SSSR count). The van der Waals surface area contributed by atoms with Gasteiger partial charge < -0.3 is 18.3 Å². The Balaban J connectivity index is 0.000000139. The predicted octanol–water partition coefficient (Wildman–Crippen LogP) is 25.8. The molecule has 0 N–H and O–H groups in total. The summed E-state index contributed by atoms with van der Waals surface area (Å²) >= 11 is 0. The molecular formula is C96H64N4. The minimum Gasteiger partial charge on any atom is -0.309 e. The number of rotatable bonds is 10. The Labute approximate surface area is 579 Å². The average molecular weight is 1270 g/mol. The molecule has 0 bridgehead atoms. The number of hydrogen-bond donors (Lipinski definition) is 0. The fourth-order valence-electron chi connectivity index (χ4n) is 15.5. The summed E-state index contributed by atoms with van der Waals surface area (Å²) in [5, 5.41) is 10.1. The highest BCUT2D eigenvalue weighted by molar-refractivity contribution is 6.14. The van der Waals surface area contributed by atoms with Gasteiger partial charge in [0.1, 0.15) is 0 Å². The van der Waals surface area contributed by atoms with Gasteiger partial charge in [-0.05, 0) is 176 Å². The highest BCUT2D eigenvalue weighted by Gasteiger charge is 2.20. The number of benzene rings is 16. The Morgan fingerprint density at radius 1 is 0.110 bits per heavy atom. The van der Waals surface area contributed by atoms with Crippen molar-refractivity contribution in [3.8, 4) is 89.5 Å². The predicted molar refractivity (Wildman–Crippen MR) is 423 cm³/mol. The second-order valence-corrected chi connectivity index (χ2v) is 26.0. The van der Waals surface area contributed by atoms with Crippen LogP contribution in [0.1, 0.15) is 0 Å². The van der Waals surface area contributed by atoms with Gasteiger partial charge in [-0.15, -0.1) is 0 Å². The molecule has 16 aromatic carbocycles. The molecule has 0 fully saturated rings. The third kappa shape index (κ3) is 10.1. The lowest BCUT2D eigenvalue weighted by atomic mass is 10.0. The summed E-state index contributed by atoms with van der Waals surface area (Å²) in [6.45, 7) is 0. The van der Waals surface area contributed by atoms with Crippen molar-refractivity contribution in [3.05, 3.63) is 388 Å². The summed E-state index contributed by atoms with van der Waals surface area (Å²) < 4.78 is 9.59. The van der Waals surface area contributed by atoms with Gasteiger partial charge in [-0.3, -0.25) is 0 Å². The topological polar surface area (TPSA) is 19.7 Å². The molecule has 0 aliphatic carbocycles. The van der Waals surface area contributed by atoms with Crippen molar-refractivity contribution in [3.63, 3.8) is 0 Å². The Morgan fingerprint density at radius 2 is 0.340 bits per heavy atom. The van der Waals surface area contributed by atoms with Crippen molar-refractivity contribution in [2.24, 2.45) is 0 Å². The quantitative estimate of drug-likeness (QED) is 0.130. The molecule has 0 saturated carbocycles. The molecule has 0 radical (unpaired) electrons. The van der Waals surface area contributed by atoms with E-state index in [0.717, 1.165) is 22.7 Å². The summed E-state index contributed by atoms with van der Waals surface area (Å²) in [7, 11) is 0. The van der Waals surface area contributed by atoms with E-state index in [9.17, 15) is 0 Å². The van der Waals surface area contributed by atoms with E-state index in [2.05, 4.69) is 407 Å². The maximum absolute atomic E-state index is 2.40. The second kappa shape index (κ2) is 24.4. The van der Waals surface area contributed by atoms with Crippen molar-refractivity contribution in [2.75, 3.05) is 0 Å². The van der Waals surface area contributed by atoms with Gasteiger partial charge in [0.25, 0.3) is 0 Å². The Morgan fingerprint density at radius 3 is 0.720 bits per heavy atom. The molecule has 0 saturated heterocycles. The fourth-order valence-corrected chi connectivity index (χ4v) is 15.5. The van der Waals surface area contributed by atoms with Gasteiger partial charge >= 0.3 is 0 Å². The van der Waals surface area contributed by atoms with E-state index in [1.807, 2.05) is 0 Å². The van der Waals surface area contributed by atoms with Crippen molar-refractivity contribution in [1.29, 1.82) is 0 Å². The minimum absolute atomic E-state index is 1.15.